The van der Waals surface area contributed by atoms with E-state index in [0.717, 1.165) is 88.3 Å². The number of guanidine groups is 1. The summed E-state index contributed by atoms with van der Waals surface area (Å²) in [5.41, 5.74) is 0. The van der Waals surface area contributed by atoms with E-state index in [9.17, 15) is 0 Å². The van der Waals surface area contributed by atoms with Crippen LogP contribution in [0.3, 0.4) is 0 Å². The maximum atomic E-state index is 5.26. The van der Waals surface area contributed by atoms with Gasteiger partial charge in [-0.1, -0.05) is 6.92 Å². The number of aliphatic imine (C=N–C) groups is 1. The Morgan fingerprint density at radius 1 is 1.24 bits per heavy atom. The minimum atomic E-state index is 0. The first-order chi connectivity index (χ1) is 13.7. The zero-order valence-electron chi connectivity index (χ0n) is 18.0. The summed E-state index contributed by atoms with van der Waals surface area (Å²) >= 11 is 1.52. The average molecular weight is 538 g/mol. The quantitative estimate of drug-likeness (QED) is 0.278. The van der Waals surface area contributed by atoms with Crippen molar-refractivity contribution in [3.8, 4) is 0 Å². The van der Waals surface area contributed by atoms with Gasteiger partial charge in [0.05, 0.1) is 13.2 Å². The smallest absolute Gasteiger partial charge is 0.205 e. The van der Waals surface area contributed by atoms with Crippen LogP contribution in [0.2, 0.25) is 0 Å². The summed E-state index contributed by atoms with van der Waals surface area (Å²) in [5, 5.41) is 4.52. The summed E-state index contributed by atoms with van der Waals surface area (Å²) in [6, 6.07) is 0.747. The van der Waals surface area contributed by atoms with E-state index < -0.39 is 0 Å². The van der Waals surface area contributed by atoms with Crippen molar-refractivity contribution in [2.24, 2.45) is 4.99 Å². The second-order valence-electron chi connectivity index (χ2n) is 7.32. The first-order valence-corrected chi connectivity index (χ1v) is 11.4. The molecule has 1 saturated carbocycles. The number of piperazine rings is 1. The van der Waals surface area contributed by atoms with Gasteiger partial charge in [0.1, 0.15) is 5.82 Å². The molecule has 1 aliphatic carbocycles. The van der Waals surface area contributed by atoms with Gasteiger partial charge in [0, 0.05) is 76.9 Å². The fraction of sp³-hybridized carbons (Fsp3) is 0.842. The lowest BCUT2D eigenvalue weighted by Crippen LogP contribution is -2.52. The molecule has 1 N–H and O–H groups in total. The van der Waals surface area contributed by atoms with Crippen molar-refractivity contribution in [1.82, 2.24) is 24.5 Å². The van der Waals surface area contributed by atoms with E-state index in [1.54, 1.807) is 7.11 Å². The fourth-order valence-electron chi connectivity index (χ4n) is 3.46. The molecule has 10 heteroatoms. The molecule has 1 saturated heterocycles. The number of aromatic nitrogens is 2. The zero-order valence-corrected chi connectivity index (χ0v) is 21.1. The number of aryl methyl sites for hydroxylation is 1. The third-order valence-corrected chi connectivity index (χ3v) is 6.07. The van der Waals surface area contributed by atoms with Crippen LogP contribution >= 0.6 is 35.5 Å². The molecule has 166 valence electrons. The minimum absolute atomic E-state index is 0. The lowest BCUT2D eigenvalue weighted by molar-refractivity contribution is 0.145. The molecule has 0 aromatic carbocycles. The molecule has 0 atom stereocenters. The van der Waals surface area contributed by atoms with E-state index in [4.69, 9.17) is 9.73 Å². The van der Waals surface area contributed by atoms with Crippen molar-refractivity contribution >= 4 is 46.6 Å². The molecule has 1 aromatic rings. The molecule has 0 amide bonds. The Bertz CT molecular complexity index is 617. The second-order valence-corrected chi connectivity index (χ2v) is 8.05. The molecule has 8 nitrogen and oxygen atoms in total. The number of rotatable bonds is 10. The molecule has 1 aliphatic heterocycles. The van der Waals surface area contributed by atoms with Gasteiger partial charge in [0.25, 0.3) is 0 Å². The van der Waals surface area contributed by atoms with E-state index in [1.165, 1.54) is 24.4 Å². The Kier molecular flexibility index (Phi) is 10.9. The standard InChI is InChI=1S/C19H35N7OS.HI/c1-4-17-22-19(28-23-17)26-12-10-25(11-13-26)18(20-5-2)21-8-9-24(14-15-27-3)16-6-7-16;/h16H,4-15H2,1-3H3,(H,20,21);1H. The van der Waals surface area contributed by atoms with E-state index in [2.05, 4.69) is 43.2 Å². The van der Waals surface area contributed by atoms with Crippen LogP contribution < -0.4 is 10.2 Å². The van der Waals surface area contributed by atoms with Crippen LogP contribution in [0.1, 0.15) is 32.5 Å². The third-order valence-electron chi connectivity index (χ3n) is 5.25. The largest absolute Gasteiger partial charge is 0.383 e. The topological polar surface area (TPSA) is 69.1 Å². The van der Waals surface area contributed by atoms with Crippen LogP contribution in [0, 0.1) is 0 Å². The number of hydrogen-bond acceptors (Lipinski definition) is 7. The van der Waals surface area contributed by atoms with Crippen molar-refractivity contribution in [2.45, 2.75) is 39.2 Å². The van der Waals surface area contributed by atoms with Crippen LogP contribution in [0.25, 0.3) is 0 Å². The number of ether oxygens (including phenoxy) is 1. The molecule has 0 bridgehead atoms. The van der Waals surface area contributed by atoms with Crippen LogP contribution in [-0.2, 0) is 11.2 Å². The maximum absolute atomic E-state index is 5.26. The van der Waals surface area contributed by atoms with Crippen LogP contribution in [0.15, 0.2) is 4.99 Å². The molecule has 3 rings (SSSR count). The molecule has 2 heterocycles. The number of methoxy groups -OCH3 is 1. The predicted octanol–water partition coefficient (Wildman–Crippen LogP) is 1.92. The molecule has 0 unspecified atom stereocenters. The van der Waals surface area contributed by atoms with Crippen molar-refractivity contribution in [3.05, 3.63) is 5.82 Å². The fourth-order valence-corrected chi connectivity index (χ4v) is 4.26. The van der Waals surface area contributed by atoms with Crippen molar-refractivity contribution in [3.63, 3.8) is 0 Å². The number of hydrogen-bond donors (Lipinski definition) is 1. The lowest BCUT2D eigenvalue weighted by atomic mass is 10.3. The third kappa shape index (κ3) is 7.48. The normalized spacial score (nSPS) is 17.6. The highest BCUT2D eigenvalue weighted by Crippen LogP contribution is 2.26. The molecular formula is C19H36IN7OS. The van der Waals surface area contributed by atoms with E-state index in [1.807, 2.05) is 0 Å². The van der Waals surface area contributed by atoms with Crippen LogP contribution in [-0.4, -0.2) is 97.2 Å². The summed E-state index contributed by atoms with van der Waals surface area (Å²) < 4.78 is 9.67. The highest BCUT2D eigenvalue weighted by atomic mass is 127. The van der Waals surface area contributed by atoms with Gasteiger partial charge in [0.15, 0.2) is 5.96 Å². The van der Waals surface area contributed by atoms with Gasteiger partial charge < -0.3 is 19.9 Å². The number of nitrogens with one attached hydrogen (secondary N) is 1. The van der Waals surface area contributed by atoms with Gasteiger partial charge >= 0.3 is 0 Å². The lowest BCUT2D eigenvalue weighted by Gasteiger charge is -2.36. The summed E-state index contributed by atoms with van der Waals surface area (Å²) in [5.74, 6) is 1.99. The van der Waals surface area contributed by atoms with Gasteiger partial charge in [0.2, 0.25) is 5.13 Å². The molecule has 29 heavy (non-hydrogen) atoms. The maximum Gasteiger partial charge on any atom is 0.205 e. The van der Waals surface area contributed by atoms with Crippen molar-refractivity contribution in [1.29, 1.82) is 0 Å². The van der Waals surface area contributed by atoms with Crippen LogP contribution in [0.4, 0.5) is 5.13 Å². The van der Waals surface area contributed by atoms with Crippen molar-refractivity contribution < 1.29 is 4.74 Å². The Morgan fingerprint density at radius 2 is 2.00 bits per heavy atom. The Balaban J connectivity index is 0.00000300. The van der Waals surface area contributed by atoms with Gasteiger partial charge in [-0.3, -0.25) is 9.89 Å². The monoisotopic (exact) mass is 537 g/mol. The summed E-state index contributed by atoms with van der Waals surface area (Å²) in [4.78, 5) is 16.8. The highest BCUT2D eigenvalue weighted by Gasteiger charge is 2.28. The highest BCUT2D eigenvalue weighted by molar-refractivity contribution is 14.0. The predicted molar refractivity (Wildman–Crippen MR) is 131 cm³/mol. The molecule has 2 aliphatic rings. The Morgan fingerprint density at radius 3 is 2.59 bits per heavy atom. The summed E-state index contributed by atoms with van der Waals surface area (Å²) in [7, 11) is 1.77. The summed E-state index contributed by atoms with van der Waals surface area (Å²) in [6.45, 7) is 12.6. The minimum Gasteiger partial charge on any atom is -0.383 e. The Hall–Kier alpha value is -0.720. The van der Waals surface area contributed by atoms with E-state index >= 15 is 0 Å². The number of anilines is 1. The summed E-state index contributed by atoms with van der Waals surface area (Å²) in [6.07, 6.45) is 3.54. The SMILES string of the molecule is CCNC(=NCCN(CCOC)C1CC1)N1CCN(c2nc(CC)ns2)CC1.I. The molecular weight excluding hydrogens is 501 g/mol. The van der Waals surface area contributed by atoms with E-state index in [-0.39, 0.29) is 24.0 Å². The average Bonchev–Trinajstić information content (AvgIpc) is 3.46. The molecule has 2 fully saturated rings. The second kappa shape index (κ2) is 12.9. The van der Waals surface area contributed by atoms with Gasteiger partial charge in [-0.15, -0.1) is 24.0 Å². The molecule has 0 spiro atoms. The van der Waals surface area contributed by atoms with Gasteiger partial charge in [-0.05, 0) is 19.8 Å². The molecule has 1 aromatic heterocycles. The first kappa shape index (κ1) is 24.5. The Labute approximate surface area is 196 Å². The van der Waals surface area contributed by atoms with Crippen LogP contribution in [0.5, 0.6) is 0 Å². The van der Waals surface area contributed by atoms with Gasteiger partial charge in [-0.2, -0.15) is 4.37 Å². The number of nitrogens with zero attached hydrogens (tertiary/aromatic N) is 6. The zero-order chi connectivity index (χ0) is 19.8. The first-order valence-electron chi connectivity index (χ1n) is 10.6. The number of halogens is 1. The van der Waals surface area contributed by atoms with E-state index in [0.29, 0.717) is 0 Å². The van der Waals surface area contributed by atoms with Crippen molar-refractivity contribution in [2.75, 3.05) is 71.0 Å². The van der Waals surface area contributed by atoms with Gasteiger partial charge in [-0.25, -0.2) is 4.98 Å². The molecule has 0 radical (unpaired) electrons.